The molecule has 2 rings (SSSR count). The van der Waals surface area contributed by atoms with Crippen LogP contribution in [-0.2, 0) is 7.05 Å². The predicted molar refractivity (Wildman–Crippen MR) is 71.4 cm³/mol. The summed E-state index contributed by atoms with van der Waals surface area (Å²) in [5.74, 6) is 0. The second-order valence-electron chi connectivity index (χ2n) is 5.05. The topological polar surface area (TPSA) is 34.0 Å². The Bertz CT molecular complexity index is 403. The Morgan fingerprint density at radius 3 is 2.41 bits per heavy atom. The van der Waals surface area contributed by atoms with Gasteiger partial charge in [0.25, 0.3) is 0 Å². The molecule has 1 heterocycles. The number of aryl methyl sites for hydroxylation is 1. The van der Waals surface area contributed by atoms with Crippen LogP contribution in [0.4, 0.5) is 5.69 Å². The highest BCUT2D eigenvalue weighted by atomic mass is 16.1. The van der Waals surface area contributed by atoms with Crippen molar-refractivity contribution in [1.82, 2.24) is 4.57 Å². The Morgan fingerprint density at radius 1 is 1.12 bits per heavy atom. The molecule has 1 aliphatic carbocycles. The molecular formula is C14H22N2O. The quantitative estimate of drug-likeness (QED) is 0.853. The summed E-state index contributed by atoms with van der Waals surface area (Å²) in [6, 6.07) is 4.10. The molecule has 94 valence electrons. The predicted octanol–water partition coefficient (Wildman–Crippen LogP) is 2.91. The van der Waals surface area contributed by atoms with Crippen molar-refractivity contribution in [2.24, 2.45) is 7.05 Å². The average molecular weight is 234 g/mol. The number of rotatable bonds is 2. The van der Waals surface area contributed by atoms with Gasteiger partial charge in [-0.3, -0.25) is 4.79 Å². The van der Waals surface area contributed by atoms with Crippen molar-refractivity contribution < 1.29 is 0 Å². The van der Waals surface area contributed by atoms with Crippen LogP contribution in [0.15, 0.2) is 23.1 Å². The van der Waals surface area contributed by atoms with Crippen LogP contribution in [0, 0.1) is 0 Å². The number of hydrogen-bond donors (Lipinski definition) is 1. The van der Waals surface area contributed by atoms with Crippen molar-refractivity contribution in [2.45, 2.75) is 51.0 Å². The molecule has 17 heavy (non-hydrogen) atoms. The van der Waals surface area contributed by atoms with Crippen LogP contribution in [0.1, 0.15) is 44.9 Å². The third kappa shape index (κ3) is 3.62. The van der Waals surface area contributed by atoms with Crippen molar-refractivity contribution in [3.8, 4) is 0 Å². The molecule has 0 unspecified atom stereocenters. The first-order valence-corrected chi connectivity index (χ1v) is 6.69. The monoisotopic (exact) mass is 234 g/mol. The first-order chi connectivity index (χ1) is 8.25. The van der Waals surface area contributed by atoms with Gasteiger partial charge in [-0.05, 0) is 18.9 Å². The normalized spacial score (nSPS) is 18.4. The number of anilines is 1. The summed E-state index contributed by atoms with van der Waals surface area (Å²) in [5.41, 5.74) is 1.12. The van der Waals surface area contributed by atoms with Crippen LogP contribution in [0.2, 0.25) is 0 Å². The number of hydrogen-bond acceptors (Lipinski definition) is 2. The maximum atomic E-state index is 11.3. The van der Waals surface area contributed by atoms with E-state index < -0.39 is 0 Å². The van der Waals surface area contributed by atoms with E-state index in [4.69, 9.17) is 0 Å². The zero-order valence-electron chi connectivity index (χ0n) is 10.6. The fourth-order valence-electron chi connectivity index (χ4n) is 2.52. The van der Waals surface area contributed by atoms with Crippen LogP contribution in [0.25, 0.3) is 0 Å². The Labute approximate surface area is 103 Å². The molecule has 1 saturated carbocycles. The minimum absolute atomic E-state index is 0.0493. The molecular weight excluding hydrogens is 212 g/mol. The van der Waals surface area contributed by atoms with Crippen molar-refractivity contribution in [1.29, 1.82) is 0 Å². The average Bonchev–Trinajstić information content (AvgIpc) is 2.27. The highest BCUT2D eigenvalue weighted by Gasteiger charge is 2.11. The van der Waals surface area contributed by atoms with E-state index in [9.17, 15) is 4.79 Å². The first kappa shape index (κ1) is 12.2. The molecule has 0 bridgehead atoms. The van der Waals surface area contributed by atoms with Gasteiger partial charge < -0.3 is 9.88 Å². The molecule has 0 aromatic carbocycles. The Morgan fingerprint density at radius 2 is 1.76 bits per heavy atom. The lowest BCUT2D eigenvalue weighted by Gasteiger charge is -2.22. The van der Waals surface area contributed by atoms with Crippen LogP contribution >= 0.6 is 0 Å². The van der Waals surface area contributed by atoms with E-state index in [-0.39, 0.29) is 5.56 Å². The summed E-state index contributed by atoms with van der Waals surface area (Å²) in [5, 5.41) is 3.56. The Hall–Kier alpha value is -1.25. The summed E-state index contributed by atoms with van der Waals surface area (Å²) in [6.45, 7) is 0. The van der Waals surface area contributed by atoms with Crippen molar-refractivity contribution in [3.63, 3.8) is 0 Å². The highest BCUT2D eigenvalue weighted by molar-refractivity contribution is 5.41. The minimum Gasteiger partial charge on any atom is -0.381 e. The van der Waals surface area contributed by atoms with E-state index in [0.717, 1.165) is 5.69 Å². The van der Waals surface area contributed by atoms with Gasteiger partial charge >= 0.3 is 0 Å². The maximum absolute atomic E-state index is 11.3. The summed E-state index contributed by atoms with van der Waals surface area (Å²) >= 11 is 0. The summed E-state index contributed by atoms with van der Waals surface area (Å²) in [6.07, 6.45) is 11.2. The second-order valence-corrected chi connectivity index (χ2v) is 5.05. The van der Waals surface area contributed by atoms with Gasteiger partial charge in [0, 0.05) is 25.4 Å². The summed E-state index contributed by atoms with van der Waals surface area (Å²) in [4.78, 5) is 11.3. The van der Waals surface area contributed by atoms with E-state index >= 15 is 0 Å². The van der Waals surface area contributed by atoms with Gasteiger partial charge in [0.1, 0.15) is 0 Å². The van der Waals surface area contributed by atoms with Gasteiger partial charge in [-0.2, -0.15) is 0 Å². The molecule has 1 fully saturated rings. The van der Waals surface area contributed by atoms with Gasteiger partial charge in [0.2, 0.25) is 5.56 Å². The van der Waals surface area contributed by atoms with Crippen molar-refractivity contribution in [3.05, 3.63) is 28.7 Å². The largest absolute Gasteiger partial charge is 0.381 e. The van der Waals surface area contributed by atoms with Crippen LogP contribution in [0.5, 0.6) is 0 Å². The van der Waals surface area contributed by atoms with E-state index in [1.54, 1.807) is 17.7 Å². The van der Waals surface area contributed by atoms with Crippen LogP contribution < -0.4 is 10.9 Å². The molecule has 1 aliphatic rings. The fraction of sp³-hybridized carbons (Fsp3) is 0.643. The van der Waals surface area contributed by atoms with Crippen LogP contribution in [0.3, 0.4) is 0 Å². The third-order valence-electron chi connectivity index (χ3n) is 3.56. The van der Waals surface area contributed by atoms with E-state index in [1.807, 2.05) is 12.3 Å². The fourth-order valence-corrected chi connectivity index (χ4v) is 2.52. The van der Waals surface area contributed by atoms with E-state index in [2.05, 4.69) is 5.32 Å². The van der Waals surface area contributed by atoms with E-state index in [0.29, 0.717) is 6.04 Å². The highest BCUT2D eigenvalue weighted by Crippen LogP contribution is 2.20. The van der Waals surface area contributed by atoms with E-state index in [1.165, 1.54) is 44.9 Å². The second kappa shape index (κ2) is 5.89. The molecule has 3 heteroatoms. The molecule has 0 amide bonds. The number of pyridine rings is 1. The molecule has 0 aliphatic heterocycles. The summed E-state index contributed by atoms with van der Waals surface area (Å²) in [7, 11) is 1.80. The zero-order chi connectivity index (χ0) is 12.1. The molecule has 0 saturated heterocycles. The number of aromatic nitrogens is 1. The SMILES string of the molecule is Cn1cc(NC2CCCCCCC2)ccc1=O. The molecule has 0 spiro atoms. The lowest BCUT2D eigenvalue weighted by molar-refractivity contribution is 0.471. The van der Waals surface area contributed by atoms with Gasteiger partial charge in [-0.1, -0.05) is 32.1 Å². The summed E-state index contributed by atoms with van der Waals surface area (Å²) < 4.78 is 1.63. The minimum atomic E-state index is 0.0493. The van der Waals surface area contributed by atoms with Crippen molar-refractivity contribution in [2.75, 3.05) is 5.32 Å². The van der Waals surface area contributed by atoms with Gasteiger partial charge in [0.15, 0.2) is 0 Å². The van der Waals surface area contributed by atoms with Gasteiger partial charge in [-0.25, -0.2) is 0 Å². The molecule has 0 radical (unpaired) electrons. The third-order valence-corrected chi connectivity index (χ3v) is 3.56. The molecule has 0 atom stereocenters. The standard InChI is InChI=1S/C14H22N2O/c1-16-11-13(9-10-14(16)17)15-12-7-5-3-2-4-6-8-12/h9-12,15H,2-8H2,1H3. The zero-order valence-corrected chi connectivity index (χ0v) is 10.6. The van der Waals surface area contributed by atoms with Gasteiger partial charge in [-0.15, -0.1) is 0 Å². The van der Waals surface area contributed by atoms with Crippen molar-refractivity contribution >= 4 is 5.69 Å². The number of nitrogens with one attached hydrogen (secondary N) is 1. The molecule has 1 N–H and O–H groups in total. The Balaban J connectivity index is 1.98. The van der Waals surface area contributed by atoms with Crippen LogP contribution in [-0.4, -0.2) is 10.6 Å². The lowest BCUT2D eigenvalue weighted by Crippen LogP contribution is -2.22. The molecule has 3 nitrogen and oxygen atoms in total. The smallest absolute Gasteiger partial charge is 0.250 e. The Kier molecular flexibility index (Phi) is 4.24. The number of nitrogens with zero attached hydrogens (tertiary/aromatic N) is 1. The first-order valence-electron chi connectivity index (χ1n) is 6.69. The maximum Gasteiger partial charge on any atom is 0.250 e. The molecule has 1 aromatic heterocycles. The van der Waals surface area contributed by atoms with Gasteiger partial charge in [0.05, 0.1) is 5.69 Å². The lowest BCUT2D eigenvalue weighted by atomic mass is 9.96. The molecule has 1 aromatic rings.